The predicted molar refractivity (Wildman–Crippen MR) is 76.0 cm³/mol. The average molecular weight is 262 g/mol. The van der Waals surface area contributed by atoms with Crippen molar-refractivity contribution in [1.29, 1.82) is 0 Å². The van der Waals surface area contributed by atoms with Crippen LogP contribution in [0.3, 0.4) is 0 Å². The van der Waals surface area contributed by atoms with Gasteiger partial charge >= 0.3 is 0 Å². The molecule has 0 aliphatic carbocycles. The minimum atomic E-state index is 0.181. The average Bonchev–Trinajstić information content (AvgIpc) is 2.42. The highest BCUT2D eigenvalue weighted by molar-refractivity contribution is 5.99. The first-order valence-electron chi connectivity index (χ1n) is 6.69. The van der Waals surface area contributed by atoms with Gasteiger partial charge in [0.05, 0.1) is 13.7 Å². The number of hydrogen-bond donors (Lipinski definition) is 0. The van der Waals surface area contributed by atoms with Gasteiger partial charge < -0.3 is 9.64 Å². The quantitative estimate of drug-likeness (QED) is 0.769. The number of ketones is 1. The van der Waals surface area contributed by atoms with Crippen molar-refractivity contribution >= 4 is 5.78 Å². The molecule has 0 amide bonds. The highest BCUT2D eigenvalue weighted by Crippen LogP contribution is 2.18. The van der Waals surface area contributed by atoms with E-state index in [1.165, 1.54) is 0 Å². The number of hydrogen-bond acceptors (Lipinski definition) is 4. The topological polar surface area (TPSA) is 32.8 Å². The van der Waals surface area contributed by atoms with Crippen LogP contribution >= 0.6 is 0 Å². The number of carbonyl (C=O) groups is 1. The Balaban J connectivity index is 2.03. The van der Waals surface area contributed by atoms with Gasteiger partial charge in [-0.25, -0.2) is 0 Å². The summed E-state index contributed by atoms with van der Waals surface area (Å²) in [6, 6.07) is 5.67. The Hall–Kier alpha value is -1.39. The lowest BCUT2D eigenvalue weighted by Gasteiger charge is -2.31. The van der Waals surface area contributed by atoms with Crippen LogP contribution in [0.4, 0.5) is 0 Å². The van der Waals surface area contributed by atoms with Crippen LogP contribution in [0.1, 0.15) is 15.9 Å². The van der Waals surface area contributed by atoms with Crippen LogP contribution in [0, 0.1) is 6.92 Å². The van der Waals surface area contributed by atoms with E-state index >= 15 is 0 Å². The number of likely N-dealkylation sites (N-methyl/N-ethyl adjacent to an activating group) is 1. The fraction of sp³-hybridized carbons (Fsp3) is 0.533. The number of aryl methyl sites for hydroxylation is 1. The lowest BCUT2D eigenvalue weighted by Crippen LogP contribution is -2.46. The van der Waals surface area contributed by atoms with Crippen molar-refractivity contribution in [3.63, 3.8) is 0 Å². The molecule has 19 heavy (non-hydrogen) atoms. The third kappa shape index (κ3) is 3.55. The highest BCUT2D eigenvalue weighted by Gasteiger charge is 2.18. The Morgan fingerprint density at radius 3 is 2.58 bits per heavy atom. The van der Waals surface area contributed by atoms with Crippen molar-refractivity contribution in [3.8, 4) is 5.75 Å². The minimum absolute atomic E-state index is 0.181. The normalized spacial score (nSPS) is 17.4. The standard InChI is InChI=1S/C15H22N2O2/c1-12-4-5-13(19-3)10-14(12)15(18)11-17-8-6-16(2)7-9-17/h4-5,10H,6-9,11H2,1-3H3. The lowest BCUT2D eigenvalue weighted by atomic mass is 10.0. The number of nitrogens with zero attached hydrogens (tertiary/aromatic N) is 2. The number of Topliss-reactive ketones (excluding diaryl/α,β-unsaturated/α-hetero) is 1. The number of ether oxygens (including phenoxy) is 1. The zero-order chi connectivity index (χ0) is 13.8. The number of piperazine rings is 1. The van der Waals surface area contributed by atoms with Crippen LogP contribution < -0.4 is 4.74 Å². The maximum Gasteiger partial charge on any atom is 0.177 e. The van der Waals surface area contributed by atoms with Crippen LogP contribution in [0.25, 0.3) is 0 Å². The van der Waals surface area contributed by atoms with Gasteiger partial charge in [0.15, 0.2) is 5.78 Å². The molecule has 4 nitrogen and oxygen atoms in total. The Kier molecular flexibility index (Phi) is 4.56. The van der Waals surface area contributed by atoms with Crippen LogP contribution in [0.15, 0.2) is 18.2 Å². The molecule has 0 spiro atoms. The molecular formula is C15H22N2O2. The van der Waals surface area contributed by atoms with Crippen molar-refractivity contribution < 1.29 is 9.53 Å². The number of carbonyl (C=O) groups excluding carboxylic acids is 1. The van der Waals surface area contributed by atoms with Crippen LogP contribution in [-0.4, -0.2) is 62.5 Å². The fourth-order valence-corrected chi connectivity index (χ4v) is 2.32. The summed E-state index contributed by atoms with van der Waals surface area (Å²) in [6.07, 6.45) is 0. The molecule has 1 aliphatic rings. The van der Waals surface area contributed by atoms with E-state index < -0.39 is 0 Å². The second-order valence-corrected chi connectivity index (χ2v) is 5.18. The summed E-state index contributed by atoms with van der Waals surface area (Å²) in [5.41, 5.74) is 1.79. The van der Waals surface area contributed by atoms with Crippen molar-refractivity contribution in [1.82, 2.24) is 9.80 Å². The maximum atomic E-state index is 12.4. The van der Waals surface area contributed by atoms with Gasteiger partial charge in [0, 0.05) is 31.7 Å². The Morgan fingerprint density at radius 2 is 1.95 bits per heavy atom. The zero-order valence-electron chi connectivity index (χ0n) is 12.0. The van der Waals surface area contributed by atoms with Gasteiger partial charge in [-0.05, 0) is 31.7 Å². The van der Waals surface area contributed by atoms with Crippen molar-refractivity contribution in [2.75, 3.05) is 46.9 Å². The van der Waals surface area contributed by atoms with Crippen molar-refractivity contribution in [2.45, 2.75) is 6.92 Å². The van der Waals surface area contributed by atoms with Gasteiger partial charge in [-0.3, -0.25) is 9.69 Å². The van der Waals surface area contributed by atoms with E-state index in [0.717, 1.165) is 43.1 Å². The molecule has 0 N–H and O–H groups in total. The number of methoxy groups -OCH3 is 1. The Morgan fingerprint density at radius 1 is 1.26 bits per heavy atom. The summed E-state index contributed by atoms with van der Waals surface area (Å²) in [7, 11) is 3.74. The van der Waals surface area contributed by atoms with Gasteiger partial charge in [-0.1, -0.05) is 6.07 Å². The van der Waals surface area contributed by atoms with Gasteiger partial charge in [0.1, 0.15) is 5.75 Å². The zero-order valence-corrected chi connectivity index (χ0v) is 12.0. The molecule has 1 aliphatic heterocycles. The SMILES string of the molecule is COc1ccc(C)c(C(=O)CN2CCN(C)CC2)c1. The third-order valence-corrected chi connectivity index (χ3v) is 3.71. The first kappa shape index (κ1) is 14.0. The first-order valence-corrected chi connectivity index (χ1v) is 6.69. The molecule has 4 heteroatoms. The first-order chi connectivity index (χ1) is 9.10. The van der Waals surface area contributed by atoms with E-state index in [9.17, 15) is 4.79 Å². The molecule has 0 radical (unpaired) electrons. The molecule has 104 valence electrons. The molecule has 1 fully saturated rings. The van der Waals surface area contributed by atoms with E-state index in [1.54, 1.807) is 7.11 Å². The van der Waals surface area contributed by atoms with Crippen LogP contribution in [0.2, 0.25) is 0 Å². The second-order valence-electron chi connectivity index (χ2n) is 5.18. The maximum absolute atomic E-state index is 12.4. The number of benzene rings is 1. The summed E-state index contributed by atoms with van der Waals surface area (Å²) in [5.74, 6) is 0.924. The van der Waals surface area contributed by atoms with E-state index in [-0.39, 0.29) is 5.78 Å². The van der Waals surface area contributed by atoms with Crippen LogP contribution in [0.5, 0.6) is 5.75 Å². The van der Waals surface area contributed by atoms with Crippen molar-refractivity contribution in [3.05, 3.63) is 29.3 Å². The second kappa shape index (κ2) is 6.17. The van der Waals surface area contributed by atoms with Crippen LogP contribution in [-0.2, 0) is 0 Å². The summed E-state index contributed by atoms with van der Waals surface area (Å²) in [5, 5.41) is 0. The Labute approximate surface area is 115 Å². The summed E-state index contributed by atoms with van der Waals surface area (Å²) >= 11 is 0. The minimum Gasteiger partial charge on any atom is -0.497 e. The predicted octanol–water partition coefficient (Wildman–Crippen LogP) is 1.43. The molecule has 2 rings (SSSR count). The molecule has 0 unspecified atom stereocenters. The monoisotopic (exact) mass is 262 g/mol. The summed E-state index contributed by atoms with van der Waals surface area (Å²) in [6.45, 7) is 6.46. The largest absolute Gasteiger partial charge is 0.497 e. The summed E-state index contributed by atoms with van der Waals surface area (Å²) < 4.78 is 5.19. The van der Waals surface area contributed by atoms with Gasteiger partial charge in [0.2, 0.25) is 0 Å². The molecule has 0 bridgehead atoms. The van der Waals surface area contributed by atoms with E-state index in [0.29, 0.717) is 6.54 Å². The lowest BCUT2D eigenvalue weighted by molar-refractivity contribution is 0.0875. The molecular weight excluding hydrogens is 240 g/mol. The smallest absolute Gasteiger partial charge is 0.177 e. The molecule has 1 aromatic rings. The molecule has 1 heterocycles. The molecule has 1 aromatic carbocycles. The van der Waals surface area contributed by atoms with Gasteiger partial charge in [-0.15, -0.1) is 0 Å². The molecule has 0 aromatic heterocycles. The van der Waals surface area contributed by atoms with E-state index in [4.69, 9.17) is 4.74 Å². The molecule has 0 saturated carbocycles. The van der Waals surface area contributed by atoms with Gasteiger partial charge in [-0.2, -0.15) is 0 Å². The molecule has 1 saturated heterocycles. The number of rotatable bonds is 4. The summed E-state index contributed by atoms with van der Waals surface area (Å²) in [4.78, 5) is 16.9. The van der Waals surface area contributed by atoms with E-state index in [2.05, 4.69) is 16.8 Å². The third-order valence-electron chi connectivity index (χ3n) is 3.71. The fourth-order valence-electron chi connectivity index (χ4n) is 2.32. The molecule has 0 atom stereocenters. The van der Waals surface area contributed by atoms with Gasteiger partial charge in [0.25, 0.3) is 0 Å². The van der Waals surface area contributed by atoms with Crippen molar-refractivity contribution in [2.24, 2.45) is 0 Å². The van der Waals surface area contributed by atoms with E-state index in [1.807, 2.05) is 25.1 Å². The Bertz CT molecular complexity index is 451. The highest BCUT2D eigenvalue weighted by atomic mass is 16.5.